The number of ether oxygens (including phenoxy) is 1. The highest BCUT2D eigenvalue weighted by Gasteiger charge is 2.45. The summed E-state index contributed by atoms with van der Waals surface area (Å²) < 4.78 is 8.63. The van der Waals surface area contributed by atoms with Crippen molar-refractivity contribution < 1.29 is 14.1 Å². The molecule has 3 fully saturated rings. The Labute approximate surface area is 258 Å². The molecular formula is C34H40ClN6O2+. The first-order valence-electron chi connectivity index (χ1n) is 15.6. The Bertz CT molecular complexity index is 1610. The van der Waals surface area contributed by atoms with Crippen molar-refractivity contribution in [3.63, 3.8) is 0 Å². The van der Waals surface area contributed by atoms with Crippen LogP contribution in [-0.4, -0.2) is 87.9 Å². The van der Waals surface area contributed by atoms with Crippen LogP contribution in [0.25, 0.3) is 10.8 Å². The van der Waals surface area contributed by atoms with Crippen LogP contribution in [0.4, 0.5) is 11.5 Å². The van der Waals surface area contributed by atoms with E-state index in [9.17, 15) is 4.79 Å². The average molecular weight is 600 g/mol. The SMILES string of the molecule is C=CC(=O)N1CC(/C=[N+](/C)c2nc(OCC34CCCN3CCC4)nc3c2CCN(c2cccc4cccc(Cl)c24)C3)[C@H]1C. The van der Waals surface area contributed by atoms with Crippen LogP contribution < -0.4 is 9.64 Å². The predicted octanol–water partition coefficient (Wildman–Crippen LogP) is 5.23. The molecule has 1 aromatic heterocycles. The fraction of sp³-hybridized carbons (Fsp3) is 0.471. The lowest BCUT2D eigenvalue weighted by Gasteiger charge is -2.43. The van der Waals surface area contributed by atoms with Gasteiger partial charge in [0, 0.05) is 41.6 Å². The van der Waals surface area contributed by atoms with Gasteiger partial charge in [0.25, 0.3) is 0 Å². The van der Waals surface area contributed by atoms with Crippen LogP contribution in [0.15, 0.2) is 49.1 Å². The summed E-state index contributed by atoms with van der Waals surface area (Å²) in [7, 11) is 2.06. The van der Waals surface area contributed by atoms with E-state index in [-0.39, 0.29) is 23.4 Å². The Morgan fingerprint density at radius 3 is 2.67 bits per heavy atom. The van der Waals surface area contributed by atoms with E-state index in [1.165, 1.54) is 31.8 Å². The van der Waals surface area contributed by atoms with Crippen molar-refractivity contribution in [2.45, 2.75) is 57.2 Å². The molecule has 43 heavy (non-hydrogen) atoms. The van der Waals surface area contributed by atoms with Gasteiger partial charge in [0.15, 0.2) is 0 Å². The monoisotopic (exact) mass is 599 g/mol. The summed E-state index contributed by atoms with van der Waals surface area (Å²) in [4.78, 5) is 29.1. The lowest BCUT2D eigenvalue weighted by atomic mass is 9.90. The molecular weight excluding hydrogens is 560 g/mol. The second-order valence-corrected chi connectivity index (χ2v) is 13.0. The fourth-order valence-electron chi connectivity index (χ4n) is 7.73. The Morgan fingerprint density at radius 1 is 1.16 bits per heavy atom. The minimum Gasteiger partial charge on any atom is -0.443 e. The number of hydrogen-bond donors (Lipinski definition) is 0. The number of likely N-dealkylation sites (tertiary alicyclic amines) is 1. The number of aromatic nitrogens is 2. The topological polar surface area (TPSA) is 64.8 Å². The van der Waals surface area contributed by atoms with E-state index in [1.54, 1.807) is 0 Å². The van der Waals surface area contributed by atoms with Gasteiger partial charge in [-0.15, -0.1) is 0 Å². The number of hydrogen-bond acceptors (Lipinski definition) is 6. The molecule has 2 aromatic carbocycles. The van der Waals surface area contributed by atoms with Crippen molar-refractivity contribution in [1.82, 2.24) is 19.8 Å². The van der Waals surface area contributed by atoms with Crippen molar-refractivity contribution >= 4 is 46.0 Å². The highest BCUT2D eigenvalue weighted by molar-refractivity contribution is 6.36. The van der Waals surface area contributed by atoms with E-state index < -0.39 is 0 Å². The third-order valence-corrected chi connectivity index (χ3v) is 10.5. The van der Waals surface area contributed by atoms with Crippen molar-refractivity contribution in [1.29, 1.82) is 0 Å². The second-order valence-electron chi connectivity index (χ2n) is 12.6. The van der Waals surface area contributed by atoms with Crippen molar-refractivity contribution in [2.75, 3.05) is 44.7 Å². The zero-order chi connectivity index (χ0) is 29.7. The number of fused-ring (bicyclic) bond motifs is 3. The molecule has 0 bridgehead atoms. The standard InChI is InChI=1S/C34H40ClN6O2/c1-4-30(42)41-20-25(23(41)2)19-38(3)32-26-13-18-39(29-12-6-10-24-9-5-11-27(35)31(24)29)21-28(26)36-33(37-32)43-22-34-14-7-16-40(34)17-8-15-34/h4-6,9-12,19,23,25H,1,7-8,13-18,20-22H2,2-3H3/q+1/b38-19-/t23-,25?/m1/s1. The fourth-order valence-corrected chi connectivity index (χ4v) is 8.01. The van der Waals surface area contributed by atoms with Gasteiger partial charge in [-0.25, -0.2) is 4.58 Å². The molecule has 9 heteroatoms. The van der Waals surface area contributed by atoms with E-state index in [4.69, 9.17) is 26.3 Å². The molecule has 0 saturated carbocycles. The smallest absolute Gasteiger partial charge is 0.434 e. The first-order valence-corrected chi connectivity index (χ1v) is 16.0. The summed E-state index contributed by atoms with van der Waals surface area (Å²) in [5.41, 5.74) is 3.39. The Morgan fingerprint density at radius 2 is 1.93 bits per heavy atom. The normalized spacial score (nSPS) is 23.2. The molecule has 0 radical (unpaired) electrons. The second kappa shape index (κ2) is 11.2. The Hall–Kier alpha value is -3.49. The Kier molecular flexibility index (Phi) is 7.38. The van der Waals surface area contributed by atoms with Crippen LogP contribution in [-0.2, 0) is 17.8 Å². The Balaban J connectivity index is 1.22. The molecule has 3 aromatic rings. The van der Waals surface area contributed by atoms with Crippen LogP contribution in [0.2, 0.25) is 5.02 Å². The lowest BCUT2D eigenvalue weighted by Crippen LogP contribution is -2.57. The van der Waals surface area contributed by atoms with Crippen LogP contribution in [0, 0.1) is 5.92 Å². The summed E-state index contributed by atoms with van der Waals surface area (Å²) in [6, 6.07) is 13.0. The third-order valence-electron chi connectivity index (χ3n) is 10.2. The average Bonchev–Trinajstić information content (AvgIpc) is 3.61. The molecule has 2 atom stereocenters. The molecule has 4 aliphatic rings. The summed E-state index contributed by atoms with van der Waals surface area (Å²) in [5, 5.41) is 2.97. The molecule has 1 unspecified atom stereocenters. The number of amides is 1. The maximum absolute atomic E-state index is 12.2. The first-order chi connectivity index (χ1) is 20.9. The van der Waals surface area contributed by atoms with Gasteiger partial charge in [0.2, 0.25) is 5.91 Å². The van der Waals surface area contributed by atoms with Gasteiger partial charge >= 0.3 is 11.8 Å². The number of rotatable bonds is 7. The molecule has 0 spiro atoms. The van der Waals surface area contributed by atoms with Crippen LogP contribution in [0.3, 0.4) is 0 Å². The van der Waals surface area contributed by atoms with Gasteiger partial charge in [-0.05, 0) is 69.3 Å². The van der Waals surface area contributed by atoms with E-state index in [2.05, 4.69) is 65.4 Å². The highest BCUT2D eigenvalue weighted by Crippen LogP contribution is 2.40. The number of carbonyl (C=O) groups excluding carboxylic acids is 1. The van der Waals surface area contributed by atoms with Gasteiger partial charge in [0.1, 0.15) is 6.61 Å². The van der Waals surface area contributed by atoms with E-state index in [0.29, 0.717) is 25.7 Å². The largest absolute Gasteiger partial charge is 0.443 e. The minimum absolute atomic E-state index is 0.0178. The van der Waals surface area contributed by atoms with Gasteiger partial charge < -0.3 is 14.5 Å². The summed E-state index contributed by atoms with van der Waals surface area (Å²) in [5.74, 6) is 1.12. The van der Waals surface area contributed by atoms with Crippen molar-refractivity contribution in [3.05, 3.63) is 65.3 Å². The summed E-state index contributed by atoms with van der Waals surface area (Å²) >= 11 is 6.72. The molecule has 5 heterocycles. The quantitative estimate of drug-likeness (QED) is 0.211. The molecule has 3 saturated heterocycles. The molecule has 8 nitrogen and oxygen atoms in total. The lowest BCUT2D eigenvalue weighted by molar-refractivity contribution is -0.408. The van der Waals surface area contributed by atoms with Crippen molar-refractivity contribution in [3.8, 4) is 6.01 Å². The van der Waals surface area contributed by atoms with E-state index >= 15 is 0 Å². The molecule has 1 amide bonds. The van der Waals surface area contributed by atoms with Gasteiger partial charge in [0.05, 0.1) is 47.5 Å². The van der Waals surface area contributed by atoms with Crippen LogP contribution in [0.5, 0.6) is 6.01 Å². The highest BCUT2D eigenvalue weighted by atomic mass is 35.5. The third kappa shape index (κ3) is 4.98. The molecule has 4 aliphatic heterocycles. The van der Waals surface area contributed by atoms with Crippen LogP contribution >= 0.6 is 11.6 Å². The number of halogens is 1. The summed E-state index contributed by atoms with van der Waals surface area (Å²) in [6.45, 7) is 10.8. The van der Waals surface area contributed by atoms with Crippen LogP contribution in [0.1, 0.15) is 43.9 Å². The molecule has 224 valence electrons. The number of anilines is 1. The zero-order valence-electron chi connectivity index (χ0n) is 25.1. The van der Waals surface area contributed by atoms with Gasteiger partial charge in [-0.1, -0.05) is 42.4 Å². The summed E-state index contributed by atoms with van der Waals surface area (Å²) in [6.07, 6.45) is 9.21. The van der Waals surface area contributed by atoms with Crippen molar-refractivity contribution in [2.24, 2.45) is 5.92 Å². The predicted molar refractivity (Wildman–Crippen MR) is 171 cm³/mol. The molecule has 0 N–H and O–H groups in total. The maximum Gasteiger partial charge on any atom is 0.434 e. The first kappa shape index (κ1) is 28.3. The van der Waals surface area contributed by atoms with E-state index in [0.717, 1.165) is 64.6 Å². The molecule has 7 rings (SSSR count). The molecule has 0 aliphatic carbocycles. The van der Waals surface area contributed by atoms with Gasteiger partial charge in [-0.2, -0.15) is 4.98 Å². The zero-order valence-corrected chi connectivity index (χ0v) is 25.9. The van der Waals surface area contributed by atoms with Gasteiger partial charge in [-0.3, -0.25) is 9.69 Å². The number of carbonyl (C=O) groups is 1. The minimum atomic E-state index is -0.0178. The number of nitrogens with zero attached hydrogens (tertiary/aromatic N) is 6. The maximum atomic E-state index is 12.2. The van der Waals surface area contributed by atoms with E-state index in [1.807, 2.05) is 17.0 Å². The number of benzene rings is 2.